The van der Waals surface area contributed by atoms with Gasteiger partial charge in [-0.2, -0.15) is 0 Å². The summed E-state index contributed by atoms with van der Waals surface area (Å²) in [6, 6.07) is 0.0384. The third-order valence-electron chi connectivity index (χ3n) is 2.71. The minimum atomic E-state index is -0.780. The molecular formula is C12H22N4O. The van der Waals surface area contributed by atoms with Crippen LogP contribution in [0.3, 0.4) is 0 Å². The first-order valence-electron chi connectivity index (χ1n) is 6.01. The van der Waals surface area contributed by atoms with E-state index in [0.717, 1.165) is 6.42 Å². The summed E-state index contributed by atoms with van der Waals surface area (Å²) in [5.74, 6) is -0.0908. The molecule has 0 saturated heterocycles. The van der Waals surface area contributed by atoms with Crippen molar-refractivity contribution in [3.8, 4) is 0 Å². The first-order valence-corrected chi connectivity index (χ1v) is 6.01. The smallest absolute Gasteiger partial charge is 0.240 e. The Bertz CT molecular complexity index is 345. The van der Waals surface area contributed by atoms with Crippen LogP contribution < -0.4 is 11.1 Å². The summed E-state index contributed by atoms with van der Waals surface area (Å²) in [6.45, 7) is 6.46. The van der Waals surface area contributed by atoms with Crippen LogP contribution in [0.15, 0.2) is 18.7 Å². The molecule has 2 unspecified atom stereocenters. The van der Waals surface area contributed by atoms with E-state index in [2.05, 4.69) is 10.3 Å². The lowest BCUT2D eigenvalue weighted by Crippen LogP contribution is -2.54. The Labute approximate surface area is 102 Å². The number of amides is 1. The Morgan fingerprint density at radius 2 is 2.35 bits per heavy atom. The fraction of sp³-hybridized carbons (Fsp3) is 0.667. The van der Waals surface area contributed by atoms with E-state index in [9.17, 15) is 4.79 Å². The standard InChI is InChI=1S/C12H22N4O/c1-4-5-12(3,13)11(17)15-10(2)8-16-7-6-14-9-16/h6-7,9-10H,4-5,8,13H2,1-3H3,(H,15,17). The van der Waals surface area contributed by atoms with Crippen LogP contribution >= 0.6 is 0 Å². The summed E-state index contributed by atoms with van der Waals surface area (Å²) in [6.07, 6.45) is 6.91. The minimum absolute atomic E-state index is 0.0384. The van der Waals surface area contributed by atoms with Crippen molar-refractivity contribution in [3.63, 3.8) is 0 Å². The van der Waals surface area contributed by atoms with Gasteiger partial charge in [0.25, 0.3) is 0 Å². The molecule has 96 valence electrons. The number of nitrogens with one attached hydrogen (secondary N) is 1. The quantitative estimate of drug-likeness (QED) is 0.773. The zero-order chi connectivity index (χ0) is 12.9. The summed E-state index contributed by atoms with van der Waals surface area (Å²) in [5, 5.41) is 2.93. The van der Waals surface area contributed by atoms with Gasteiger partial charge in [0.2, 0.25) is 5.91 Å². The second kappa shape index (κ2) is 5.82. The van der Waals surface area contributed by atoms with E-state index in [4.69, 9.17) is 5.73 Å². The van der Waals surface area contributed by atoms with Gasteiger partial charge in [-0.15, -0.1) is 0 Å². The average Bonchev–Trinajstić information content (AvgIpc) is 2.69. The van der Waals surface area contributed by atoms with Crippen molar-refractivity contribution in [2.24, 2.45) is 5.73 Å². The molecule has 0 aliphatic carbocycles. The number of rotatable bonds is 6. The highest BCUT2D eigenvalue weighted by molar-refractivity contribution is 5.85. The zero-order valence-corrected chi connectivity index (χ0v) is 10.8. The summed E-state index contributed by atoms with van der Waals surface area (Å²) >= 11 is 0. The molecule has 1 rings (SSSR count). The zero-order valence-electron chi connectivity index (χ0n) is 10.8. The van der Waals surface area contributed by atoms with Gasteiger partial charge in [-0.25, -0.2) is 4.98 Å². The maximum atomic E-state index is 11.9. The van der Waals surface area contributed by atoms with E-state index in [1.807, 2.05) is 24.6 Å². The third kappa shape index (κ3) is 4.19. The first-order chi connectivity index (χ1) is 7.95. The van der Waals surface area contributed by atoms with Crippen LogP contribution in [0.1, 0.15) is 33.6 Å². The lowest BCUT2D eigenvalue weighted by Gasteiger charge is -2.25. The molecule has 0 radical (unpaired) electrons. The van der Waals surface area contributed by atoms with Crippen molar-refractivity contribution in [1.82, 2.24) is 14.9 Å². The lowest BCUT2D eigenvalue weighted by molar-refractivity contribution is -0.126. The summed E-state index contributed by atoms with van der Waals surface area (Å²) in [7, 11) is 0. The van der Waals surface area contributed by atoms with E-state index < -0.39 is 5.54 Å². The van der Waals surface area contributed by atoms with Crippen LogP contribution in [0, 0.1) is 0 Å². The number of aromatic nitrogens is 2. The normalized spacial score (nSPS) is 16.2. The molecule has 3 N–H and O–H groups in total. The van der Waals surface area contributed by atoms with E-state index in [1.165, 1.54) is 0 Å². The van der Waals surface area contributed by atoms with Crippen molar-refractivity contribution in [2.45, 2.75) is 51.7 Å². The van der Waals surface area contributed by atoms with E-state index in [1.54, 1.807) is 19.4 Å². The fourth-order valence-corrected chi connectivity index (χ4v) is 1.78. The molecule has 5 nitrogen and oxygen atoms in total. The topological polar surface area (TPSA) is 72.9 Å². The molecule has 0 bridgehead atoms. The predicted molar refractivity (Wildman–Crippen MR) is 67.3 cm³/mol. The number of nitrogens with two attached hydrogens (primary N) is 1. The summed E-state index contributed by atoms with van der Waals surface area (Å²) < 4.78 is 1.93. The SMILES string of the molecule is CCCC(C)(N)C(=O)NC(C)Cn1ccnc1. The number of carbonyl (C=O) groups is 1. The van der Waals surface area contributed by atoms with Crippen molar-refractivity contribution < 1.29 is 4.79 Å². The van der Waals surface area contributed by atoms with Gasteiger partial charge in [-0.05, 0) is 20.3 Å². The second-order valence-corrected chi connectivity index (χ2v) is 4.80. The Balaban J connectivity index is 2.45. The van der Waals surface area contributed by atoms with Gasteiger partial charge in [0.1, 0.15) is 0 Å². The Hall–Kier alpha value is -1.36. The summed E-state index contributed by atoms with van der Waals surface area (Å²) in [5.41, 5.74) is 5.18. The van der Waals surface area contributed by atoms with Crippen LogP contribution in [0.25, 0.3) is 0 Å². The number of imidazole rings is 1. The molecule has 1 amide bonds. The highest BCUT2D eigenvalue weighted by atomic mass is 16.2. The van der Waals surface area contributed by atoms with Gasteiger partial charge >= 0.3 is 0 Å². The maximum absolute atomic E-state index is 11.9. The lowest BCUT2D eigenvalue weighted by atomic mass is 9.96. The van der Waals surface area contributed by atoms with Gasteiger partial charge in [-0.3, -0.25) is 4.79 Å². The van der Waals surface area contributed by atoms with Gasteiger partial charge in [-0.1, -0.05) is 13.3 Å². The van der Waals surface area contributed by atoms with E-state index >= 15 is 0 Å². The monoisotopic (exact) mass is 238 g/mol. The van der Waals surface area contributed by atoms with Crippen molar-refractivity contribution >= 4 is 5.91 Å². The second-order valence-electron chi connectivity index (χ2n) is 4.80. The third-order valence-corrected chi connectivity index (χ3v) is 2.71. The van der Waals surface area contributed by atoms with Crippen molar-refractivity contribution in [3.05, 3.63) is 18.7 Å². The van der Waals surface area contributed by atoms with E-state index in [-0.39, 0.29) is 11.9 Å². The molecule has 5 heteroatoms. The fourth-order valence-electron chi connectivity index (χ4n) is 1.78. The molecule has 0 aliphatic heterocycles. The maximum Gasteiger partial charge on any atom is 0.240 e. The number of nitrogens with zero attached hydrogens (tertiary/aromatic N) is 2. The van der Waals surface area contributed by atoms with Crippen LogP contribution in [0.2, 0.25) is 0 Å². The van der Waals surface area contributed by atoms with Crippen LogP contribution in [0.5, 0.6) is 0 Å². The molecule has 0 saturated carbocycles. The molecule has 0 spiro atoms. The predicted octanol–water partition coefficient (Wildman–Crippen LogP) is 0.905. The highest BCUT2D eigenvalue weighted by Gasteiger charge is 2.27. The summed E-state index contributed by atoms with van der Waals surface area (Å²) in [4.78, 5) is 15.9. The van der Waals surface area contributed by atoms with Crippen LogP contribution in [-0.2, 0) is 11.3 Å². The molecule has 0 aromatic carbocycles. The largest absolute Gasteiger partial charge is 0.350 e. The molecule has 0 fully saturated rings. The molecular weight excluding hydrogens is 216 g/mol. The van der Waals surface area contributed by atoms with Crippen LogP contribution in [-0.4, -0.2) is 27.0 Å². The van der Waals surface area contributed by atoms with E-state index in [0.29, 0.717) is 13.0 Å². The van der Waals surface area contributed by atoms with Gasteiger partial charge < -0.3 is 15.6 Å². The Morgan fingerprint density at radius 1 is 1.65 bits per heavy atom. The van der Waals surface area contributed by atoms with Gasteiger partial charge in [0.05, 0.1) is 11.9 Å². The molecule has 1 heterocycles. The number of carbonyl (C=O) groups excluding carboxylic acids is 1. The van der Waals surface area contributed by atoms with Gasteiger partial charge in [0.15, 0.2) is 0 Å². The van der Waals surface area contributed by atoms with Crippen LogP contribution in [0.4, 0.5) is 0 Å². The van der Waals surface area contributed by atoms with Crippen molar-refractivity contribution in [2.75, 3.05) is 0 Å². The molecule has 0 aliphatic rings. The Morgan fingerprint density at radius 3 is 2.88 bits per heavy atom. The number of hydrogen-bond donors (Lipinski definition) is 2. The molecule has 1 aromatic heterocycles. The highest BCUT2D eigenvalue weighted by Crippen LogP contribution is 2.09. The molecule has 17 heavy (non-hydrogen) atoms. The molecule has 2 atom stereocenters. The first kappa shape index (κ1) is 13.7. The number of hydrogen-bond acceptors (Lipinski definition) is 3. The minimum Gasteiger partial charge on any atom is -0.350 e. The average molecular weight is 238 g/mol. The van der Waals surface area contributed by atoms with Gasteiger partial charge in [0, 0.05) is 25.0 Å². The van der Waals surface area contributed by atoms with Crippen molar-refractivity contribution in [1.29, 1.82) is 0 Å². The Kier molecular flexibility index (Phi) is 4.69. The molecule has 1 aromatic rings.